The number of phenols is 2. The Morgan fingerprint density at radius 1 is 1.36 bits per heavy atom. The average Bonchev–Trinajstić information content (AvgIpc) is 1.96. The van der Waals surface area contributed by atoms with Crippen molar-refractivity contribution in [1.29, 1.82) is 0 Å². The van der Waals surface area contributed by atoms with Crippen molar-refractivity contribution in [2.45, 2.75) is 0 Å². The smallest absolute Gasteiger partial charge is 0.164 e. The van der Waals surface area contributed by atoms with Crippen LogP contribution in [-0.2, 0) is 0 Å². The van der Waals surface area contributed by atoms with Crippen LogP contribution in [0, 0.1) is 0 Å². The monoisotopic (exact) mass is 214 g/mol. The van der Waals surface area contributed by atoms with Crippen LogP contribution in [0.3, 0.4) is 0 Å². The van der Waals surface area contributed by atoms with Gasteiger partial charge in [0.25, 0.3) is 0 Å². The summed E-state index contributed by atoms with van der Waals surface area (Å²) in [6.07, 6.45) is 1.47. The summed E-state index contributed by atoms with van der Waals surface area (Å²) in [6.45, 7) is 3.48. The zero-order chi connectivity index (χ0) is 8.43. The molecule has 0 spiro atoms. The third kappa shape index (κ3) is 1.54. The minimum Gasteiger partial charge on any atom is -0.504 e. The lowest BCUT2D eigenvalue weighted by molar-refractivity contribution is 0.402. The van der Waals surface area contributed by atoms with Gasteiger partial charge in [0.15, 0.2) is 11.5 Å². The Bertz CT molecular complexity index is 294. The maximum Gasteiger partial charge on any atom is 0.164 e. The quantitative estimate of drug-likeness (QED) is 0.706. The minimum absolute atomic E-state index is 0.136. The van der Waals surface area contributed by atoms with E-state index < -0.39 is 0 Å². The lowest BCUT2D eigenvalue weighted by Gasteiger charge is -2.01. The Morgan fingerprint density at radius 3 is 2.55 bits per heavy atom. The molecule has 0 fully saturated rings. The summed E-state index contributed by atoms with van der Waals surface area (Å²) in [6, 6.07) is 3.09. The second kappa shape index (κ2) is 2.96. The number of rotatable bonds is 1. The van der Waals surface area contributed by atoms with E-state index >= 15 is 0 Å². The molecule has 1 rings (SSSR count). The van der Waals surface area contributed by atoms with Crippen LogP contribution in [-0.4, -0.2) is 10.2 Å². The van der Waals surface area contributed by atoms with Crippen molar-refractivity contribution in [3.8, 4) is 11.5 Å². The number of hydrogen-bond donors (Lipinski definition) is 2. The maximum atomic E-state index is 9.18. The average molecular weight is 215 g/mol. The van der Waals surface area contributed by atoms with E-state index in [2.05, 4.69) is 22.5 Å². The third-order valence-electron chi connectivity index (χ3n) is 1.30. The molecule has 0 aliphatic carbocycles. The highest BCUT2D eigenvalue weighted by atomic mass is 79.9. The molecule has 11 heavy (non-hydrogen) atoms. The van der Waals surface area contributed by atoms with Gasteiger partial charge in [-0.05, 0) is 12.1 Å². The van der Waals surface area contributed by atoms with Gasteiger partial charge in [0.2, 0.25) is 0 Å². The van der Waals surface area contributed by atoms with E-state index in [4.69, 9.17) is 5.11 Å². The molecule has 0 saturated carbocycles. The van der Waals surface area contributed by atoms with Gasteiger partial charge < -0.3 is 10.2 Å². The molecule has 0 amide bonds. The Balaban J connectivity index is 3.35. The van der Waals surface area contributed by atoms with Gasteiger partial charge in [-0.2, -0.15) is 0 Å². The van der Waals surface area contributed by atoms with Crippen molar-refractivity contribution in [1.82, 2.24) is 0 Å². The fraction of sp³-hybridized carbons (Fsp3) is 0. The molecule has 0 heterocycles. The van der Waals surface area contributed by atoms with Gasteiger partial charge in [-0.25, -0.2) is 0 Å². The van der Waals surface area contributed by atoms with E-state index in [1.54, 1.807) is 6.07 Å². The molecule has 0 aliphatic rings. The molecule has 0 unspecified atom stereocenters. The summed E-state index contributed by atoms with van der Waals surface area (Å²) < 4.78 is 0.711. The predicted molar refractivity (Wildman–Crippen MR) is 47.6 cm³/mol. The Labute approximate surface area is 72.9 Å². The van der Waals surface area contributed by atoms with Crippen LogP contribution >= 0.6 is 15.9 Å². The van der Waals surface area contributed by atoms with Crippen molar-refractivity contribution < 1.29 is 10.2 Å². The molecule has 1 aromatic rings. The van der Waals surface area contributed by atoms with E-state index in [9.17, 15) is 5.11 Å². The van der Waals surface area contributed by atoms with E-state index in [-0.39, 0.29) is 11.5 Å². The van der Waals surface area contributed by atoms with Gasteiger partial charge >= 0.3 is 0 Å². The first-order valence-electron chi connectivity index (χ1n) is 2.99. The standard InChI is InChI=1S/C8H7BrO2/c1-2-5-3-6(9)4-7(10)8(5)11/h2-4,10-11H,1H2. The SMILES string of the molecule is C=Cc1cc(Br)cc(O)c1O. The summed E-state index contributed by atoms with van der Waals surface area (Å²) in [5.41, 5.74) is 0.511. The molecule has 2 N–H and O–H groups in total. The summed E-state index contributed by atoms with van der Waals surface area (Å²) in [4.78, 5) is 0. The summed E-state index contributed by atoms with van der Waals surface area (Å²) in [5, 5.41) is 18.3. The molecular formula is C8H7BrO2. The fourth-order valence-corrected chi connectivity index (χ4v) is 1.22. The molecule has 3 heteroatoms. The Morgan fingerprint density at radius 2 is 2.00 bits per heavy atom. The van der Waals surface area contributed by atoms with E-state index in [1.807, 2.05) is 0 Å². The second-order valence-electron chi connectivity index (χ2n) is 2.07. The number of halogens is 1. The number of phenolic OH excluding ortho intramolecular Hbond substituents is 2. The maximum absolute atomic E-state index is 9.18. The lowest BCUT2D eigenvalue weighted by Crippen LogP contribution is -1.75. The van der Waals surface area contributed by atoms with E-state index in [0.717, 1.165) is 0 Å². The van der Waals surface area contributed by atoms with Crippen LogP contribution in [0.1, 0.15) is 5.56 Å². The number of aromatic hydroxyl groups is 2. The van der Waals surface area contributed by atoms with Crippen molar-refractivity contribution in [2.24, 2.45) is 0 Å². The molecule has 2 nitrogen and oxygen atoms in total. The van der Waals surface area contributed by atoms with Gasteiger partial charge in [-0.15, -0.1) is 0 Å². The fourth-order valence-electron chi connectivity index (χ4n) is 0.761. The highest BCUT2D eigenvalue weighted by molar-refractivity contribution is 9.10. The van der Waals surface area contributed by atoms with E-state index in [1.165, 1.54) is 12.1 Å². The van der Waals surface area contributed by atoms with Crippen LogP contribution in [0.15, 0.2) is 23.2 Å². The predicted octanol–water partition coefficient (Wildman–Crippen LogP) is 2.50. The normalized spacial score (nSPS) is 9.55. The van der Waals surface area contributed by atoms with Crippen LogP contribution < -0.4 is 0 Å². The topological polar surface area (TPSA) is 40.5 Å². The Hall–Kier alpha value is -0.960. The van der Waals surface area contributed by atoms with Crippen molar-refractivity contribution in [3.63, 3.8) is 0 Å². The van der Waals surface area contributed by atoms with Crippen LogP contribution in [0.2, 0.25) is 0 Å². The molecule has 0 bridgehead atoms. The minimum atomic E-state index is -0.144. The third-order valence-corrected chi connectivity index (χ3v) is 1.76. The van der Waals surface area contributed by atoms with Gasteiger partial charge in [-0.1, -0.05) is 28.6 Å². The molecule has 0 atom stereocenters. The van der Waals surface area contributed by atoms with Crippen molar-refractivity contribution in [2.75, 3.05) is 0 Å². The molecule has 0 radical (unpaired) electrons. The molecule has 58 valence electrons. The summed E-state index contributed by atoms with van der Waals surface area (Å²) in [5.74, 6) is -0.280. The summed E-state index contributed by atoms with van der Waals surface area (Å²) >= 11 is 3.17. The molecule has 0 saturated heterocycles. The van der Waals surface area contributed by atoms with Crippen LogP contribution in [0.5, 0.6) is 11.5 Å². The second-order valence-corrected chi connectivity index (χ2v) is 2.98. The molecule has 0 aliphatic heterocycles. The van der Waals surface area contributed by atoms with Crippen LogP contribution in [0.25, 0.3) is 6.08 Å². The van der Waals surface area contributed by atoms with Crippen molar-refractivity contribution in [3.05, 3.63) is 28.7 Å². The van der Waals surface area contributed by atoms with Gasteiger partial charge in [0.1, 0.15) is 0 Å². The first-order chi connectivity index (χ1) is 5.15. The zero-order valence-electron chi connectivity index (χ0n) is 5.71. The van der Waals surface area contributed by atoms with Gasteiger partial charge in [0, 0.05) is 10.0 Å². The number of benzene rings is 1. The lowest BCUT2D eigenvalue weighted by atomic mass is 10.2. The molecule has 0 aromatic heterocycles. The summed E-state index contributed by atoms with van der Waals surface area (Å²) in [7, 11) is 0. The van der Waals surface area contributed by atoms with Crippen LogP contribution in [0.4, 0.5) is 0 Å². The largest absolute Gasteiger partial charge is 0.504 e. The zero-order valence-corrected chi connectivity index (χ0v) is 7.30. The van der Waals surface area contributed by atoms with Crippen molar-refractivity contribution >= 4 is 22.0 Å². The highest BCUT2D eigenvalue weighted by Gasteiger charge is 2.04. The molecule has 1 aromatic carbocycles. The van der Waals surface area contributed by atoms with Gasteiger partial charge in [-0.3, -0.25) is 0 Å². The van der Waals surface area contributed by atoms with E-state index in [0.29, 0.717) is 10.0 Å². The number of hydrogen-bond acceptors (Lipinski definition) is 2. The highest BCUT2D eigenvalue weighted by Crippen LogP contribution is 2.32. The Kier molecular flexibility index (Phi) is 2.19. The first kappa shape index (κ1) is 8.14. The van der Waals surface area contributed by atoms with Gasteiger partial charge in [0.05, 0.1) is 0 Å². The molecular weight excluding hydrogens is 208 g/mol. The first-order valence-corrected chi connectivity index (χ1v) is 3.78.